The zero-order chi connectivity index (χ0) is 11.6. The van der Waals surface area contributed by atoms with Crippen molar-refractivity contribution in [3.05, 3.63) is 27.8 Å². The monoisotopic (exact) mass is 206 g/mol. The average Bonchev–Trinajstić information content (AvgIpc) is 2.19. The van der Waals surface area contributed by atoms with Gasteiger partial charge in [-0.15, -0.1) is 0 Å². The molecule has 15 heavy (non-hydrogen) atoms. The highest BCUT2D eigenvalue weighted by atomic mass is 16.5. The highest BCUT2D eigenvalue weighted by Crippen LogP contribution is 2.33. The largest absolute Gasteiger partial charge is 0.496 e. The Bertz CT molecular complexity index is 286. The maximum absolute atomic E-state index is 5.52. The molecule has 0 N–H and O–H groups in total. The first kappa shape index (κ1) is 12.1. The smallest absolute Gasteiger partial charge is 0.125 e. The van der Waals surface area contributed by atoms with E-state index in [-0.39, 0.29) is 0 Å². The molecule has 1 aromatic carbocycles. The minimum atomic E-state index is 1.08. The van der Waals surface area contributed by atoms with Gasteiger partial charge in [0.2, 0.25) is 0 Å². The Labute approximate surface area is 93.5 Å². The van der Waals surface area contributed by atoms with Crippen molar-refractivity contribution in [2.45, 2.75) is 47.5 Å². The van der Waals surface area contributed by atoms with E-state index in [1.54, 1.807) is 7.11 Å². The lowest BCUT2D eigenvalue weighted by Crippen LogP contribution is -2.04. The van der Waals surface area contributed by atoms with Crippen molar-refractivity contribution < 1.29 is 4.74 Å². The van der Waals surface area contributed by atoms with Gasteiger partial charge in [0.05, 0.1) is 7.11 Å². The molecule has 0 spiro atoms. The van der Waals surface area contributed by atoms with E-state index in [1.807, 2.05) is 0 Å². The van der Waals surface area contributed by atoms with E-state index in [9.17, 15) is 0 Å². The summed E-state index contributed by atoms with van der Waals surface area (Å²) in [6.45, 7) is 11.0. The highest BCUT2D eigenvalue weighted by molar-refractivity contribution is 5.54. The van der Waals surface area contributed by atoms with E-state index in [4.69, 9.17) is 4.74 Å². The number of methoxy groups -OCH3 is 1. The minimum Gasteiger partial charge on any atom is -0.496 e. The quantitative estimate of drug-likeness (QED) is 0.732. The molecule has 0 radical (unpaired) electrons. The number of rotatable bonds is 3. The topological polar surface area (TPSA) is 9.23 Å². The SMILES string of the molecule is CCc1c(C)c(CC)c(C)c(OC)c1C. The van der Waals surface area contributed by atoms with Crippen molar-refractivity contribution in [3.63, 3.8) is 0 Å². The van der Waals surface area contributed by atoms with Gasteiger partial charge in [0.1, 0.15) is 5.75 Å². The lowest BCUT2D eigenvalue weighted by molar-refractivity contribution is 0.407. The molecular formula is C14H22O. The first-order valence-corrected chi connectivity index (χ1v) is 5.73. The first-order chi connectivity index (χ1) is 7.08. The van der Waals surface area contributed by atoms with Crippen LogP contribution in [0.4, 0.5) is 0 Å². The molecule has 0 unspecified atom stereocenters. The number of hydrogen-bond acceptors (Lipinski definition) is 1. The van der Waals surface area contributed by atoms with Crippen LogP contribution in [-0.2, 0) is 12.8 Å². The van der Waals surface area contributed by atoms with E-state index in [1.165, 1.54) is 27.8 Å². The Kier molecular flexibility index (Phi) is 3.78. The molecule has 0 aromatic heterocycles. The Morgan fingerprint density at radius 2 is 1.20 bits per heavy atom. The summed E-state index contributed by atoms with van der Waals surface area (Å²) < 4.78 is 5.52. The first-order valence-electron chi connectivity index (χ1n) is 5.73. The van der Waals surface area contributed by atoms with Gasteiger partial charge in [-0.2, -0.15) is 0 Å². The van der Waals surface area contributed by atoms with Crippen LogP contribution in [0.3, 0.4) is 0 Å². The molecule has 1 heteroatoms. The van der Waals surface area contributed by atoms with Crippen molar-refractivity contribution >= 4 is 0 Å². The van der Waals surface area contributed by atoms with Crippen molar-refractivity contribution in [3.8, 4) is 5.75 Å². The summed E-state index contributed by atoms with van der Waals surface area (Å²) in [7, 11) is 1.77. The molecule has 0 aliphatic rings. The van der Waals surface area contributed by atoms with Crippen LogP contribution < -0.4 is 4.74 Å². The van der Waals surface area contributed by atoms with E-state index in [2.05, 4.69) is 34.6 Å². The van der Waals surface area contributed by atoms with Crippen LogP contribution in [-0.4, -0.2) is 7.11 Å². The van der Waals surface area contributed by atoms with Gasteiger partial charge in [-0.1, -0.05) is 13.8 Å². The van der Waals surface area contributed by atoms with E-state index in [0.717, 1.165) is 18.6 Å². The van der Waals surface area contributed by atoms with Gasteiger partial charge >= 0.3 is 0 Å². The molecule has 84 valence electrons. The van der Waals surface area contributed by atoms with Gasteiger partial charge in [0.15, 0.2) is 0 Å². The highest BCUT2D eigenvalue weighted by Gasteiger charge is 2.14. The van der Waals surface area contributed by atoms with Crippen molar-refractivity contribution in [1.82, 2.24) is 0 Å². The molecule has 0 saturated carbocycles. The molecule has 0 heterocycles. The van der Waals surface area contributed by atoms with Gasteiger partial charge < -0.3 is 4.74 Å². The molecule has 1 nitrogen and oxygen atoms in total. The molecule has 0 saturated heterocycles. The third kappa shape index (κ3) is 1.88. The second kappa shape index (κ2) is 4.69. The van der Waals surface area contributed by atoms with E-state index >= 15 is 0 Å². The Morgan fingerprint density at radius 1 is 0.800 bits per heavy atom. The second-order valence-corrected chi connectivity index (χ2v) is 4.07. The minimum absolute atomic E-state index is 1.08. The molecule has 0 aliphatic carbocycles. The molecule has 0 amide bonds. The van der Waals surface area contributed by atoms with Gasteiger partial charge in [0, 0.05) is 0 Å². The van der Waals surface area contributed by atoms with Gasteiger partial charge in [-0.05, 0) is 61.4 Å². The van der Waals surface area contributed by atoms with Gasteiger partial charge in [-0.25, -0.2) is 0 Å². The fraction of sp³-hybridized carbons (Fsp3) is 0.571. The number of ether oxygens (including phenoxy) is 1. The summed E-state index contributed by atoms with van der Waals surface area (Å²) >= 11 is 0. The molecule has 1 rings (SSSR count). The standard InChI is InChI=1S/C14H22O/c1-7-12-9(3)13(8-2)11(5)14(15-6)10(12)4/h7-8H2,1-6H3. The molecule has 1 aromatic rings. The molecular weight excluding hydrogens is 184 g/mol. The van der Waals surface area contributed by atoms with Gasteiger partial charge in [-0.3, -0.25) is 0 Å². The lowest BCUT2D eigenvalue weighted by atomic mass is 9.90. The van der Waals surface area contributed by atoms with Crippen molar-refractivity contribution in [2.75, 3.05) is 7.11 Å². The van der Waals surface area contributed by atoms with Crippen LogP contribution in [0, 0.1) is 20.8 Å². The summed E-state index contributed by atoms with van der Waals surface area (Å²) in [5.41, 5.74) is 6.99. The number of hydrogen-bond donors (Lipinski definition) is 0. The van der Waals surface area contributed by atoms with Crippen LogP contribution in [0.5, 0.6) is 5.75 Å². The fourth-order valence-corrected chi connectivity index (χ4v) is 2.67. The summed E-state index contributed by atoms with van der Waals surface area (Å²) in [6.07, 6.45) is 2.17. The summed E-state index contributed by atoms with van der Waals surface area (Å²) in [5.74, 6) is 1.08. The normalized spacial score (nSPS) is 10.5. The number of benzene rings is 1. The Hall–Kier alpha value is -0.980. The van der Waals surface area contributed by atoms with Crippen LogP contribution in [0.25, 0.3) is 0 Å². The van der Waals surface area contributed by atoms with E-state index in [0.29, 0.717) is 0 Å². The average molecular weight is 206 g/mol. The second-order valence-electron chi connectivity index (χ2n) is 4.07. The van der Waals surface area contributed by atoms with E-state index < -0.39 is 0 Å². The Balaban J connectivity index is 3.57. The third-order valence-electron chi connectivity index (χ3n) is 3.40. The molecule has 0 atom stereocenters. The predicted octanol–water partition coefficient (Wildman–Crippen LogP) is 3.75. The summed E-state index contributed by atoms with van der Waals surface area (Å²) in [6, 6.07) is 0. The van der Waals surface area contributed by atoms with Crippen LogP contribution in [0.1, 0.15) is 41.7 Å². The molecule has 0 fully saturated rings. The lowest BCUT2D eigenvalue weighted by Gasteiger charge is -2.19. The van der Waals surface area contributed by atoms with Crippen LogP contribution in [0.2, 0.25) is 0 Å². The Morgan fingerprint density at radius 3 is 1.47 bits per heavy atom. The molecule has 0 bridgehead atoms. The summed E-state index contributed by atoms with van der Waals surface area (Å²) in [4.78, 5) is 0. The summed E-state index contributed by atoms with van der Waals surface area (Å²) in [5, 5.41) is 0. The van der Waals surface area contributed by atoms with Gasteiger partial charge in [0.25, 0.3) is 0 Å². The zero-order valence-corrected chi connectivity index (χ0v) is 10.8. The third-order valence-corrected chi connectivity index (χ3v) is 3.40. The fourth-order valence-electron chi connectivity index (χ4n) is 2.67. The van der Waals surface area contributed by atoms with Crippen molar-refractivity contribution in [1.29, 1.82) is 0 Å². The predicted molar refractivity (Wildman–Crippen MR) is 66.0 cm³/mol. The maximum atomic E-state index is 5.52. The van der Waals surface area contributed by atoms with Crippen molar-refractivity contribution in [2.24, 2.45) is 0 Å². The van der Waals surface area contributed by atoms with Crippen LogP contribution in [0.15, 0.2) is 0 Å². The van der Waals surface area contributed by atoms with Crippen LogP contribution >= 0.6 is 0 Å². The maximum Gasteiger partial charge on any atom is 0.125 e. The zero-order valence-electron chi connectivity index (χ0n) is 10.8. The molecule has 0 aliphatic heterocycles.